The van der Waals surface area contributed by atoms with Crippen LogP contribution in [0.2, 0.25) is 0 Å². The minimum atomic E-state index is -0.580. The molecule has 0 atom stereocenters. The number of hydrogen-bond donors (Lipinski definition) is 1. The average molecular weight is 293 g/mol. The lowest BCUT2D eigenvalue weighted by Crippen LogP contribution is -2.35. The van der Waals surface area contributed by atoms with Crippen molar-refractivity contribution in [2.24, 2.45) is 0 Å². The van der Waals surface area contributed by atoms with Crippen LogP contribution in [0.25, 0.3) is 5.69 Å². The number of rotatable bonds is 4. The normalized spacial score (nSPS) is 11.6. The van der Waals surface area contributed by atoms with Gasteiger partial charge < -0.3 is 5.32 Å². The van der Waals surface area contributed by atoms with Crippen LogP contribution in [0.4, 0.5) is 10.1 Å². The summed E-state index contributed by atoms with van der Waals surface area (Å²) in [5.41, 5.74) is 0.351. The van der Waals surface area contributed by atoms with Gasteiger partial charge >= 0.3 is 0 Å². The fourth-order valence-electron chi connectivity index (χ4n) is 1.69. The van der Waals surface area contributed by atoms with Gasteiger partial charge in [-0.1, -0.05) is 5.21 Å². The smallest absolute Gasteiger partial charge is 0.295 e. The van der Waals surface area contributed by atoms with E-state index in [4.69, 9.17) is 0 Å². The molecule has 2 rings (SSSR count). The molecule has 7 nitrogen and oxygen atoms in total. The van der Waals surface area contributed by atoms with Gasteiger partial charge in [0.25, 0.3) is 5.69 Å². The minimum Gasteiger partial charge on any atom is -0.306 e. The van der Waals surface area contributed by atoms with Gasteiger partial charge in [-0.25, -0.2) is 9.07 Å². The average Bonchev–Trinajstić information content (AvgIpc) is 2.83. The van der Waals surface area contributed by atoms with Crippen LogP contribution >= 0.6 is 0 Å². The highest BCUT2D eigenvalue weighted by Gasteiger charge is 2.18. The number of aromatic nitrogens is 3. The van der Waals surface area contributed by atoms with Crippen molar-refractivity contribution in [1.82, 2.24) is 20.3 Å². The largest absolute Gasteiger partial charge is 0.306 e. The molecule has 1 N–H and O–H groups in total. The van der Waals surface area contributed by atoms with Gasteiger partial charge in [0.05, 0.1) is 16.8 Å². The van der Waals surface area contributed by atoms with Crippen LogP contribution in [0.3, 0.4) is 0 Å². The fraction of sp³-hybridized carbons (Fsp3) is 0.385. The van der Waals surface area contributed by atoms with E-state index in [0.29, 0.717) is 12.2 Å². The van der Waals surface area contributed by atoms with Crippen molar-refractivity contribution >= 4 is 5.69 Å². The van der Waals surface area contributed by atoms with Crippen LogP contribution in [-0.2, 0) is 6.54 Å². The summed E-state index contributed by atoms with van der Waals surface area (Å²) >= 11 is 0. The molecule has 0 unspecified atom stereocenters. The highest BCUT2D eigenvalue weighted by atomic mass is 19.1. The SMILES string of the molecule is CC(C)(C)NCc1cn(-c2cc(F)ccc2[N+](=O)[O-])nn1. The first-order valence-corrected chi connectivity index (χ1v) is 6.37. The molecule has 0 radical (unpaired) electrons. The zero-order valence-electron chi connectivity index (χ0n) is 12.0. The number of nitrogens with zero attached hydrogens (tertiary/aromatic N) is 4. The number of benzene rings is 1. The Balaban J connectivity index is 2.29. The third-order valence-electron chi connectivity index (χ3n) is 2.72. The predicted molar refractivity (Wildman–Crippen MR) is 74.6 cm³/mol. The summed E-state index contributed by atoms with van der Waals surface area (Å²) in [6.07, 6.45) is 1.54. The summed E-state index contributed by atoms with van der Waals surface area (Å²) in [5.74, 6) is -0.569. The molecule has 8 heteroatoms. The van der Waals surface area contributed by atoms with Gasteiger partial charge in [-0.3, -0.25) is 10.1 Å². The van der Waals surface area contributed by atoms with Crippen molar-refractivity contribution in [2.75, 3.05) is 0 Å². The van der Waals surface area contributed by atoms with E-state index in [-0.39, 0.29) is 16.9 Å². The summed E-state index contributed by atoms with van der Waals surface area (Å²) in [5, 5.41) is 22.0. The maximum atomic E-state index is 13.3. The summed E-state index contributed by atoms with van der Waals surface area (Å²) in [6, 6.07) is 3.22. The summed E-state index contributed by atoms with van der Waals surface area (Å²) < 4.78 is 14.5. The van der Waals surface area contributed by atoms with Gasteiger partial charge in [0.1, 0.15) is 11.5 Å². The van der Waals surface area contributed by atoms with Crippen LogP contribution in [0.15, 0.2) is 24.4 Å². The first kappa shape index (κ1) is 15.0. The lowest BCUT2D eigenvalue weighted by molar-refractivity contribution is -0.384. The van der Waals surface area contributed by atoms with E-state index in [2.05, 4.69) is 15.6 Å². The molecule has 0 saturated carbocycles. The van der Waals surface area contributed by atoms with E-state index in [1.807, 2.05) is 20.8 Å². The van der Waals surface area contributed by atoms with E-state index in [0.717, 1.165) is 18.2 Å². The number of hydrogen-bond acceptors (Lipinski definition) is 5. The predicted octanol–water partition coefficient (Wildman–Crippen LogP) is 2.20. The molecular formula is C13H16FN5O2. The van der Waals surface area contributed by atoms with E-state index in [1.165, 1.54) is 4.68 Å². The van der Waals surface area contributed by atoms with Gasteiger partial charge in [0, 0.05) is 24.2 Å². The van der Waals surface area contributed by atoms with Crippen molar-refractivity contribution in [3.8, 4) is 5.69 Å². The van der Waals surface area contributed by atoms with Crippen molar-refractivity contribution in [1.29, 1.82) is 0 Å². The van der Waals surface area contributed by atoms with Crippen molar-refractivity contribution in [3.05, 3.63) is 46.0 Å². The number of nitro groups is 1. The van der Waals surface area contributed by atoms with Crippen LogP contribution in [0.1, 0.15) is 26.5 Å². The molecular weight excluding hydrogens is 277 g/mol. The van der Waals surface area contributed by atoms with E-state index >= 15 is 0 Å². The van der Waals surface area contributed by atoms with Crippen LogP contribution in [0, 0.1) is 15.9 Å². The zero-order chi connectivity index (χ0) is 15.6. The number of nitro benzene ring substituents is 1. The Kier molecular flexibility index (Phi) is 3.99. The molecule has 1 aromatic carbocycles. The molecule has 1 aromatic heterocycles. The Hall–Kier alpha value is -2.35. The summed E-state index contributed by atoms with van der Waals surface area (Å²) in [7, 11) is 0. The standard InChI is InChI=1S/C13H16FN5O2/c1-13(2,3)15-7-10-8-18(17-16-10)12-6-9(14)4-5-11(12)19(20)21/h4-6,8,15H,7H2,1-3H3. The van der Waals surface area contributed by atoms with Gasteiger partial charge in [-0.05, 0) is 26.8 Å². The Labute approximate surface area is 120 Å². The first-order valence-electron chi connectivity index (χ1n) is 6.37. The third-order valence-corrected chi connectivity index (χ3v) is 2.72. The molecule has 0 aliphatic rings. The maximum absolute atomic E-state index is 13.3. The highest BCUT2D eigenvalue weighted by Crippen LogP contribution is 2.23. The van der Waals surface area contributed by atoms with E-state index in [1.54, 1.807) is 6.20 Å². The minimum absolute atomic E-state index is 0.0505. The molecule has 2 aromatic rings. The summed E-state index contributed by atoms with van der Waals surface area (Å²) in [6.45, 7) is 6.49. The summed E-state index contributed by atoms with van der Waals surface area (Å²) in [4.78, 5) is 10.4. The molecule has 1 heterocycles. The van der Waals surface area contributed by atoms with Gasteiger partial charge in [0.15, 0.2) is 0 Å². The number of halogens is 1. The topological polar surface area (TPSA) is 85.9 Å². The van der Waals surface area contributed by atoms with Crippen LogP contribution in [0.5, 0.6) is 0 Å². The van der Waals surface area contributed by atoms with Gasteiger partial charge in [0.2, 0.25) is 0 Å². The number of nitrogens with one attached hydrogen (secondary N) is 1. The van der Waals surface area contributed by atoms with E-state index in [9.17, 15) is 14.5 Å². The maximum Gasteiger partial charge on any atom is 0.295 e. The highest BCUT2D eigenvalue weighted by molar-refractivity contribution is 5.51. The molecule has 0 bridgehead atoms. The molecule has 21 heavy (non-hydrogen) atoms. The van der Waals surface area contributed by atoms with Gasteiger partial charge in [-0.2, -0.15) is 0 Å². The fourth-order valence-corrected chi connectivity index (χ4v) is 1.69. The Morgan fingerprint density at radius 3 is 2.76 bits per heavy atom. The Bertz CT molecular complexity index is 663. The lowest BCUT2D eigenvalue weighted by atomic mass is 10.1. The lowest BCUT2D eigenvalue weighted by Gasteiger charge is -2.19. The molecule has 0 fully saturated rings. The van der Waals surface area contributed by atoms with Crippen LogP contribution in [-0.4, -0.2) is 25.5 Å². The Morgan fingerprint density at radius 2 is 2.14 bits per heavy atom. The Morgan fingerprint density at radius 1 is 1.43 bits per heavy atom. The van der Waals surface area contributed by atoms with Crippen molar-refractivity contribution in [3.63, 3.8) is 0 Å². The first-order chi connectivity index (χ1) is 9.76. The molecule has 0 aliphatic heterocycles. The molecule has 0 aliphatic carbocycles. The molecule has 112 valence electrons. The molecule has 0 amide bonds. The van der Waals surface area contributed by atoms with Crippen molar-refractivity contribution in [2.45, 2.75) is 32.9 Å². The van der Waals surface area contributed by atoms with Crippen molar-refractivity contribution < 1.29 is 9.31 Å². The third kappa shape index (κ3) is 3.82. The van der Waals surface area contributed by atoms with Gasteiger partial charge in [-0.15, -0.1) is 5.10 Å². The van der Waals surface area contributed by atoms with Crippen LogP contribution < -0.4 is 5.32 Å². The quantitative estimate of drug-likeness (QED) is 0.690. The van der Waals surface area contributed by atoms with E-state index < -0.39 is 10.7 Å². The zero-order valence-corrected chi connectivity index (χ0v) is 12.0. The molecule has 0 saturated heterocycles. The monoisotopic (exact) mass is 293 g/mol. The second-order valence-corrected chi connectivity index (χ2v) is 5.65. The second-order valence-electron chi connectivity index (χ2n) is 5.65. The second kappa shape index (κ2) is 5.57. The molecule has 0 spiro atoms.